The summed E-state index contributed by atoms with van der Waals surface area (Å²) in [5.41, 5.74) is 0.487. The topological polar surface area (TPSA) is 51.2 Å². The lowest BCUT2D eigenvalue weighted by atomic mass is 10.1. The van der Waals surface area contributed by atoms with Crippen molar-refractivity contribution in [2.24, 2.45) is 5.92 Å². The molecular formula is C13H20N2O2. The number of anilines is 1. The van der Waals surface area contributed by atoms with E-state index in [-0.39, 0.29) is 5.97 Å². The summed E-state index contributed by atoms with van der Waals surface area (Å²) in [4.78, 5) is 15.6. The van der Waals surface area contributed by atoms with Crippen LogP contribution in [0.2, 0.25) is 0 Å². The molecule has 0 aromatic carbocycles. The number of nitrogens with one attached hydrogen (secondary N) is 1. The molecule has 0 spiro atoms. The van der Waals surface area contributed by atoms with Crippen LogP contribution in [0.5, 0.6) is 0 Å². The SMILES string of the molecule is CCOC(=O)c1ccc(NCC(C)CC)nc1. The van der Waals surface area contributed by atoms with Crippen molar-refractivity contribution in [3.8, 4) is 0 Å². The Kier molecular flexibility index (Phi) is 5.46. The summed E-state index contributed by atoms with van der Waals surface area (Å²) in [7, 11) is 0. The largest absolute Gasteiger partial charge is 0.462 e. The molecule has 4 heteroatoms. The molecule has 1 aromatic rings. The van der Waals surface area contributed by atoms with Crippen LogP contribution in [0.4, 0.5) is 5.82 Å². The molecule has 1 heterocycles. The highest BCUT2D eigenvalue weighted by Gasteiger charge is 2.06. The molecule has 0 aliphatic rings. The second-order valence-electron chi connectivity index (χ2n) is 4.05. The van der Waals surface area contributed by atoms with Crippen molar-refractivity contribution in [1.82, 2.24) is 4.98 Å². The molecule has 1 atom stereocenters. The molecule has 0 saturated carbocycles. The number of pyridine rings is 1. The number of hydrogen-bond donors (Lipinski definition) is 1. The smallest absolute Gasteiger partial charge is 0.339 e. The number of rotatable bonds is 6. The number of ether oxygens (including phenoxy) is 1. The maximum Gasteiger partial charge on any atom is 0.339 e. The predicted octanol–water partition coefficient (Wildman–Crippen LogP) is 2.72. The summed E-state index contributed by atoms with van der Waals surface area (Å²) >= 11 is 0. The first-order chi connectivity index (χ1) is 8.17. The third-order valence-electron chi connectivity index (χ3n) is 2.60. The third-order valence-corrected chi connectivity index (χ3v) is 2.60. The lowest BCUT2D eigenvalue weighted by molar-refractivity contribution is 0.0526. The summed E-state index contributed by atoms with van der Waals surface area (Å²) in [6.07, 6.45) is 2.67. The summed E-state index contributed by atoms with van der Waals surface area (Å²) in [6, 6.07) is 3.53. The van der Waals surface area contributed by atoms with E-state index in [2.05, 4.69) is 24.1 Å². The van der Waals surface area contributed by atoms with Crippen LogP contribution >= 0.6 is 0 Å². The Hall–Kier alpha value is -1.58. The molecule has 0 amide bonds. The van der Waals surface area contributed by atoms with Gasteiger partial charge in [0.2, 0.25) is 0 Å². The van der Waals surface area contributed by atoms with Gasteiger partial charge in [0.05, 0.1) is 12.2 Å². The summed E-state index contributed by atoms with van der Waals surface area (Å²) < 4.78 is 4.88. The maximum absolute atomic E-state index is 11.4. The van der Waals surface area contributed by atoms with E-state index < -0.39 is 0 Å². The highest BCUT2D eigenvalue weighted by molar-refractivity contribution is 5.89. The average molecular weight is 236 g/mol. The Balaban J connectivity index is 2.53. The van der Waals surface area contributed by atoms with Gasteiger partial charge in [-0.05, 0) is 25.0 Å². The van der Waals surface area contributed by atoms with Crippen LogP contribution < -0.4 is 5.32 Å². The number of esters is 1. The van der Waals surface area contributed by atoms with Gasteiger partial charge >= 0.3 is 5.97 Å². The molecule has 0 aliphatic carbocycles. The molecule has 0 saturated heterocycles. The van der Waals surface area contributed by atoms with Crippen molar-refractivity contribution in [1.29, 1.82) is 0 Å². The summed E-state index contributed by atoms with van der Waals surface area (Å²) in [6.45, 7) is 7.39. The molecule has 0 bridgehead atoms. The predicted molar refractivity (Wildman–Crippen MR) is 68.1 cm³/mol. The van der Waals surface area contributed by atoms with Crippen LogP contribution in [0, 0.1) is 5.92 Å². The van der Waals surface area contributed by atoms with E-state index in [9.17, 15) is 4.79 Å². The zero-order valence-corrected chi connectivity index (χ0v) is 10.7. The minimum absolute atomic E-state index is 0.325. The Labute approximate surface area is 102 Å². The van der Waals surface area contributed by atoms with Crippen molar-refractivity contribution in [3.63, 3.8) is 0 Å². The molecule has 94 valence electrons. The molecule has 0 aliphatic heterocycles. The summed E-state index contributed by atoms with van der Waals surface area (Å²) in [5, 5.41) is 3.23. The van der Waals surface area contributed by atoms with Gasteiger partial charge in [0.15, 0.2) is 0 Å². The highest BCUT2D eigenvalue weighted by atomic mass is 16.5. The fraction of sp³-hybridized carbons (Fsp3) is 0.538. The van der Waals surface area contributed by atoms with Crippen LogP contribution in [0.15, 0.2) is 18.3 Å². The standard InChI is InChI=1S/C13H20N2O2/c1-4-10(3)8-14-12-7-6-11(9-15-12)13(16)17-5-2/h6-7,9-10H,4-5,8H2,1-3H3,(H,14,15). The van der Waals surface area contributed by atoms with Crippen LogP contribution in [0.1, 0.15) is 37.6 Å². The van der Waals surface area contributed by atoms with Crippen molar-refractivity contribution in [2.75, 3.05) is 18.5 Å². The van der Waals surface area contributed by atoms with E-state index in [4.69, 9.17) is 4.74 Å². The lowest BCUT2D eigenvalue weighted by Gasteiger charge is -2.10. The third kappa shape index (κ3) is 4.43. The van der Waals surface area contributed by atoms with E-state index in [1.54, 1.807) is 19.1 Å². The van der Waals surface area contributed by atoms with Crippen LogP contribution in [0.3, 0.4) is 0 Å². The van der Waals surface area contributed by atoms with Gasteiger partial charge in [0.25, 0.3) is 0 Å². The summed E-state index contributed by atoms with van der Waals surface area (Å²) in [5.74, 6) is 1.08. The zero-order chi connectivity index (χ0) is 12.7. The second kappa shape index (κ2) is 6.89. The number of carbonyl (C=O) groups is 1. The molecule has 0 fully saturated rings. The van der Waals surface area contributed by atoms with Crippen molar-refractivity contribution in [3.05, 3.63) is 23.9 Å². The van der Waals surface area contributed by atoms with E-state index in [0.717, 1.165) is 18.8 Å². The fourth-order valence-corrected chi connectivity index (χ4v) is 1.26. The molecule has 1 aromatic heterocycles. The van der Waals surface area contributed by atoms with Gasteiger partial charge in [0.1, 0.15) is 5.82 Å². The monoisotopic (exact) mass is 236 g/mol. The Morgan fingerprint density at radius 2 is 2.24 bits per heavy atom. The molecule has 1 unspecified atom stereocenters. The number of nitrogens with zero attached hydrogens (tertiary/aromatic N) is 1. The first-order valence-corrected chi connectivity index (χ1v) is 6.04. The first kappa shape index (κ1) is 13.5. The van der Waals surface area contributed by atoms with Crippen LogP contribution in [0.25, 0.3) is 0 Å². The average Bonchev–Trinajstić information content (AvgIpc) is 2.36. The van der Waals surface area contributed by atoms with E-state index in [1.807, 2.05) is 0 Å². The second-order valence-corrected chi connectivity index (χ2v) is 4.05. The van der Waals surface area contributed by atoms with E-state index in [1.165, 1.54) is 6.20 Å². The first-order valence-electron chi connectivity index (χ1n) is 6.04. The molecule has 1 N–H and O–H groups in total. The fourth-order valence-electron chi connectivity index (χ4n) is 1.26. The Morgan fingerprint density at radius 3 is 2.76 bits per heavy atom. The molecule has 4 nitrogen and oxygen atoms in total. The van der Waals surface area contributed by atoms with Gasteiger partial charge in [-0.3, -0.25) is 0 Å². The molecular weight excluding hydrogens is 216 g/mol. The lowest BCUT2D eigenvalue weighted by Crippen LogP contribution is -2.12. The van der Waals surface area contributed by atoms with Gasteiger partial charge in [0, 0.05) is 12.7 Å². The van der Waals surface area contributed by atoms with Gasteiger partial charge < -0.3 is 10.1 Å². The molecule has 17 heavy (non-hydrogen) atoms. The maximum atomic E-state index is 11.4. The van der Waals surface area contributed by atoms with Crippen molar-refractivity contribution < 1.29 is 9.53 Å². The van der Waals surface area contributed by atoms with Gasteiger partial charge in [-0.15, -0.1) is 0 Å². The van der Waals surface area contributed by atoms with Gasteiger partial charge in [-0.25, -0.2) is 9.78 Å². The number of carbonyl (C=O) groups excluding carboxylic acids is 1. The zero-order valence-electron chi connectivity index (χ0n) is 10.7. The molecule has 1 rings (SSSR count). The van der Waals surface area contributed by atoms with Gasteiger partial charge in [-0.2, -0.15) is 0 Å². The Bertz CT molecular complexity index is 349. The van der Waals surface area contributed by atoms with E-state index in [0.29, 0.717) is 18.1 Å². The quantitative estimate of drug-likeness (QED) is 0.771. The number of hydrogen-bond acceptors (Lipinski definition) is 4. The minimum atomic E-state index is -0.325. The normalized spacial score (nSPS) is 11.9. The van der Waals surface area contributed by atoms with E-state index >= 15 is 0 Å². The Morgan fingerprint density at radius 1 is 1.47 bits per heavy atom. The highest BCUT2D eigenvalue weighted by Crippen LogP contribution is 2.08. The number of aromatic nitrogens is 1. The van der Waals surface area contributed by atoms with Crippen LogP contribution in [-0.4, -0.2) is 24.1 Å². The van der Waals surface area contributed by atoms with Gasteiger partial charge in [-0.1, -0.05) is 20.3 Å². The molecule has 0 radical (unpaired) electrons. The van der Waals surface area contributed by atoms with Crippen LogP contribution in [-0.2, 0) is 4.74 Å². The van der Waals surface area contributed by atoms with Crippen molar-refractivity contribution in [2.45, 2.75) is 27.2 Å². The van der Waals surface area contributed by atoms with Crippen molar-refractivity contribution >= 4 is 11.8 Å². The minimum Gasteiger partial charge on any atom is -0.462 e.